The molecule has 0 aliphatic heterocycles. The lowest BCUT2D eigenvalue weighted by Gasteiger charge is -2.16. The fourth-order valence-corrected chi connectivity index (χ4v) is 2.53. The number of hydrogen-bond acceptors (Lipinski definition) is 3. The summed E-state index contributed by atoms with van der Waals surface area (Å²) < 4.78 is 5.39. The molecular formula is C20H36O4. The van der Waals surface area contributed by atoms with E-state index in [-0.39, 0.29) is 18.9 Å². The van der Waals surface area contributed by atoms with Crippen LogP contribution in [0.25, 0.3) is 0 Å². The van der Waals surface area contributed by atoms with Gasteiger partial charge in [0.15, 0.2) is 0 Å². The van der Waals surface area contributed by atoms with Crippen LogP contribution < -0.4 is 0 Å². The summed E-state index contributed by atoms with van der Waals surface area (Å²) in [5.41, 5.74) is 0. The first-order chi connectivity index (χ1) is 11.5. The van der Waals surface area contributed by atoms with Crippen molar-refractivity contribution in [1.29, 1.82) is 0 Å². The van der Waals surface area contributed by atoms with Crippen LogP contribution in [0.1, 0.15) is 91.4 Å². The van der Waals surface area contributed by atoms with Gasteiger partial charge in [0.05, 0.1) is 12.8 Å². The van der Waals surface area contributed by atoms with E-state index >= 15 is 0 Å². The number of rotatable bonds is 15. The maximum atomic E-state index is 11.7. The molecule has 4 heteroatoms. The van der Waals surface area contributed by atoms with Crippen molar-refractivity contribution in [3.8, 4) is 0 Å². The number of ether oxygens (including phenoxy) is 1. The van der Waals surface area contributed by atoms with Gasteiger partial charge in [0.25, 0.3) is 0 Å². The summed E-state index contributed by atoms with van der Waals surface area (Å²) in [5.74, 6) is -0.976. The van der Waals surface area contributed by atoms with Crippen LogP contribution in [0.4, 0.5) is 0 Å². The highest BCUT2D eigenvalue weighted by atomic mass is 16.5. The predicted octanol–water partition coefficient (Wildman–Crippen LogP) is 5.51. The molecule has 0 aromatic rings. The molecule has 0 bridgehead atoms. The molecule has 0 rings (SSSR count). The molecule has 24 heavy (non-hydrogen) atoms. The molecule has 0 saturated heterocycles. The number of carboxylic acids is 1. The molecule has 0 spiro atoms. The quantitative estimate of drug-likeness (QED) is 0.243. The Hall–Kier alpha value is -1.32. The Morgan fingerprint density at radius 2 is 1.62 bits per heavy atom. The van der Waals surface area contributed by atoms with E-state index in [1.165, 1.54) is 44.9 Å². The molecule has 0 aliphatic carbocycles. The number of aliphatic carboxylic acids is 1. The van der Waals surface area contributed by atoms with Gasteiger partial charge in [-0.3, -0.25) is 9.59 Å². The minimum Gasteiger partial charge on any atom is -0.481 e. The van der Waals surface area contributed by atoms with E-state index in [2.05, 4.69) is 26.8 Å². The third-order valence-corrected chi connectivity index (χ3v) is 3.85. The van der Waals surface area contributed by atoms with E-state index in [0.717, 1.165) is 12.8 Å². The van der Waals surface area contributed by atoms with Crippen LogP contribution >= 0.6 is 0 Å². The van der Waals surface area contributed by atoms with Gasteiger partial charge in [-0.15, -0.1) is 0 Å². The van der Waals surface area contributed by atoms with E-state index in [1.54, 1.807) is 0 Å². The molecule has 0 radical (unpaired) electrons. The minimum atomic E-state index is -0.971. The van der Waals surface area contributed by atoms with Gasteiger partial charge in [-0.1, -0.05) is 65.4 Å². The average molecular weight is 341 g/mol. The zero-order chi connectivity index (χ0) is 18.2. The van der Waals surface area contributed by atoms with E-state index in [4.69, 9.17) is 9.84 Å². The maximum Gasteiger partial charge on any atom is 0.306 e. The summed E-state index contributed by atoms with van der Waals surface area (Å²) in [7, 11) is 0. The summed E-state index contributed by atoms with van der Waals surface area (Å²) in [6.45, 7) is 6.40. The van der Waals surface area contributed by atoms with Gasteiger partial charge in [-0.05, 0) is 31.3 Å². The largest absolute Gasteiger partial charge is 0.481 e. The summed E-state index contributed by atoms with van der Waals surface area (Å²) in [4.78, 5) is 22.2. The zero-order valence-corrected chi connectivity index (χ0v) is 15.8. The van der Waals surface area contributed by atoms with Crippen molar-refractivity contribution < 1.29 is 19.4 Å². The summed E-state index contributed by atoms with van der Waals surface area (Å²) in [6, 6.07) is 0. The Morgan fingerprint density at radius 3 is 2.21 bits per heavy atom. The molecule has 0 saturated carbocycles. The van der Waals surface area contributed by atoms with Gasteiger partial charge in [0.2, 0.25) is 0 Å². The third-order valence-electron chi connectivity index (χ3n) is 3.85. The summed E-state index contributed by atoms with van der Waals surface area (Å²) in [6.07, 6.45) is 14.4. The number of allylic oxidation sites excluding steroid dienone is 1. The predicted molar refractivity (Wildman–Crippen MR) is 98.0 cm³/mol. The standard InChI is InChI=1S/C20H36O4/c1-4-5-6-7-8-9-10-11-12-13-18(16-17(2)3)24-20(23)15-14-19(21)22/h12-13,17-18H,4-11,14-16H2,1-3H3,(H,21,22). The Balaban J connectivity index is 3.99. The van der Waals surface area contributed by atoms with Gasteiger partial charge in [-0.25, -0.2) is 0 Å². The summed E-state index contributed by atoms with van der Waals surface area (Å²) in [5, 5.41) is 8.61. The van der Waals surface area contributed by atoms with Crippen molar-refractivity contribution in [2.75, 3.05) is 0 Å². The smallest absolute Gasteiger partial charge is 0.306 e. The Morgan fingerprint density at radius 1 is 1.00 bits per heavy atom. The second kappa shape index (κ2) is 15.2. The van der Waals surface area contributed by atoms with E-state index < -0.39 is 11.9 Å². The molecule has 0 aromatic heterocycles. The Kier molecular flexibility index (Phi) is 14.4. The van der Waals surface area contributed by atoms with Crippen LogP contribution in [-0.4, -0.2) is 23.1 Å². The molecule has 0 aliphatic rings. The number of carboxylic acid groups (broad SMARTS) is 1. The number of hydrogen-bond donors (Lipinski definition) is 1. The van der Waals surface area contributed by atoms with E-state index in [1.807, 2.05) is 6.08 Å². The molecule has 1 unspecified atom stereocenters. The average Bonchev–Trinajstić information content (AvgIpc) is 2.50. The highest BCUT2D eigenvalue weighted by Gasteiger charge is 2.14. The van der Waals surface area contributed by atoms with Crippen molar-refractivity contribution >= 4 is 11.9 Å². The minimum absolute atomic E-state index is 0.0600. The van der Waals surface area contributed by atoms with Crippen molar-refractivity contribution in [3.63, 3.8) is 0 Å². The van der Waals surface area contributed by atoms with Crippen molar-refractivity contribution in [2.24, 2.45) is 5.92 Å². The van der Waals surface area contributed by atoms with Crippen LogP contribution in [0.5, 0.6) is 0 Å². The van der Waals surface area contributed by atoms with Crippen LogP contribution in [0.2, 0.25) is 0 Å². The first-order valence-corrected chi connectivity index (χ1v) is 9.53. The number of unbranched alkanes of at least 4 members (excludes halogenated alkanes) is 7. The van der Waals surface area contributed by atoms with Gasteiger partial charge >= 0.3 is 11.9 Å². The second-order valence-corrected chi connectivity index (χ2v) is 6.89. The molecule has 140 valence electrons. The highest BCUT2D eigenvalue weighted by molar-refractivity contribution is 5.76. The van der Waals surface area contributed by atoms with Gasteiger partial charge in [0.1, 0.15) is 6.10 Å². The lowest BCUT2D eigenvalue weighted by Crippen LogP contribution is -2.18. The highest BCUT2D eigenvalue weighted by Crippen LogP contribution is 2.13. The molecule has 0 amide bonds. The molecule has 0 fully saturated rings. The van der Waals surface area contributed by atoms with Crippen LogP contribution in [0.15, 0.2) is 12.2 Å². The van der Waals surface area contributed by atoms with Crippen LogP contribution in [0, 0.1) is 5.92 Å². The number of carbonyl (C=O) groups is 2. The van der Waals surface area contributed by atoms with E-state index in [0.29, 0.717) is 5.92 Å². The molecule has 1 atom stereocenters. The monoisotopic (exact) mass is 340 g/mol. The molecule has 0 aromatic carbocycles. The first kappa shape index (κ1) is 22.7. The zero-order valence-electron chi connectivity index (χ0n) is 15.8. The van der Waals surface area contributed by atoms with Gasteiger partial charge in [0, 0.05) is 0 Å². The van der Waals surface area contributed by atoms with Gasteiger partial charge < -0.3 is 9.84 Å². The van der Waals surface area contributed by atoms with Crippen molar-refractivity contribution in [2.45, 2.75) is 97.5 Å². The normalized spacial score (nSPS) is 12.7. The van der Waals surface area contributed by atoms with Crippen molar-refractivity contribution in [1.82, 2.24) is 0 Å². The third kappa shape index (κ3) is 15.6. The van der Waals surface area contributed by atoms with Gasteiger partial charge in [-0.2, -0.15) is 0 Å². The molecule has 4 nitrogen and oxygen atoms in total. The number of esters is 1. The first-order valence-electron chi connectivity index (χ1n) is 9.53. The Labute approximate surface area is 147 Å². The van der Waals surface area contributed by atoms with Crippen LogP contribution in [0.3, 0.4) is 0 Å². The molecular weight excluding hydrogens is 304 g/mol. The molecule has 1 N–H and O–H groups in total. The SMILES string of the molecule is CCCCCCCCCC=CC(CC(C)C)OC(=O)CCC(=O)O. The fourth-order valence-electron chi connectivity index (χ4n) is 2.53. The molecule has 0 heterocycles. The summed E-state index contributed by atoms with van der Waals surface area (Å²) >= 11 is 0. The maximum absolute atomic E-state index is 11.7. The van der Waals surface area contributed by atoms with E-state index in [9.17, 15) is 9.59 Å². The fraction of sp³-hybridized carbons (Fsp3) is 0.800. The van der Waals surface area contributed by atoms with Crippen molar-refractivity contribution in [3.05, 3.63) is 12.2 Å². The topological polar surface area (TPSA) is 63.6 Å². The second-order valence-electron chi connectivity index (χ2n) is 6.89. The lowest BCUT2D eigenvalue weighted by molar-refractivity contribution is -0.150. The Bertz CT molecular complexity index is 361. The number of carbonyl (C=O) groups excluding carboxylic acids is 1. The van der Waals surface area contributed by atoms with Crippen LogP contribution in [-0.2, 0) is 14.3 Å². The lowest BCUT2D eigenvalue weighted by atomic mass is 10.0.